The first kappa shape index (κ1) is 14.8. The van der Waals surface area contributed by atoms with Crippen molar-refractivity contribution < 1.29 is 13.3 Å². The maximum absolute atomic E-state index is 12.3. The first-order valence-corrected chi connectivity index (χ1v) is 7.42. The van der Waals surface area contributed by atoms with E-state index in [-0.39, 0.29) is 10.6 Å². The summed E-state index contributed by atoms with van der Waals surface area (Å²) in [6, 6.07) is 10.2. The molecule has 0 fully saturated rings. The Morgan fingerprint density at radius 1 is 1.19 bits per heavy atom. The molecule has 2 rings (SSSR count). The molecule has 0 aromatic heterocycles. The first-order chi connectivity index (χ1) is 9.81. The van der Waals surface area contributed by atoms with Crippen LogP contribution < -0.4 is 10.5 Å². The van der Waals surface area contributed by atoms with Gasteiger partial charge in [-0.3, -0.25) is 14.8 Å². The molecule has 0 bridgehead atoms. The number of benzene rings is 2. The van der Waals surface area contributed by atoms with E-state index in [0.29, 0.717) is 5.69 Å². The molecule has 0 aliphatic heterocycles. The summed E-state index contributed by atoms with van der Waals surface area (Å²) in [5.74, 6) is 0. The Morgan fingerprint density at radius 2 is 1.86 bits per heavy atom. The number of nitrogen functional groups attached to an aromatic ring is 1. The second-order valence-electron chi connectivity index (χ2n) is 4.40. The normalized spacial score (nSPS) is 11.1. The summed E-state index contributed by atoms with van der Waals surface area (Å²) in [7, 11) is -3.92. The molecule has 7 nitrogen and oxygen atoms in total. The number of rotatable bonds is 4. The highest BCUT2D eigenvalue weighted by molar-refractivity contribution is 7.92. The number of para-hydroxylation sites is 1. The molecule has 2 aromatic rings. The Morgan fingerprint density at radius 3 is 2.48 bits per heavy atom. The third kappa shape index (κ3) is 3.11. The van der Waals surface area contributed by atoms with Crippen LogP contribution in [0.5, 0.6) is 0 Å². The smallest absolute Gasteiger partial charge is 0.293 e. The van der Waals surface area contributed by atoms with Crippen LogP contribution in [0.15, 0.2) is 47.4 Å². The molecule has 3 N–H and O–H groups in total. The Labute approximate surface area is 121 Å². The largest absolute Gasteiger partial charge is 0.393 e. The van der Waals surface area contributed by atoms with Gasteiger partial charge in [0, 0.05) is 6.07 Å². The van der Waals surface area contributed by atoms with Gasteiger partial charge in [0.05, 0.1) is 15.5 Å². The van der Waals surface area contributed by atoms with E-state index in [2.05, 4.69) is 4.72 Å². The van der Waals surface area contributed by atoms with Crippen LogP contribution in [0.1, 0.15) is 5.56 Å². The third-order valence-corrected chi connectivity index (χ3v) is 4.26. The number of sulfonamides is 1. The molecular formula is C13H13N3O4S. The average Bonchev–Trinajstić information content (AvgIpc) is 2.41. The maximum atomic E-state index is 12.3. The fourth-order valence-corrected chi connectivity index (χ4v) is 2.89. The lowest BCUT2D eigenvalue weighted by Gasteiger charge is -2.10. The van der Waals surface area contributed by atoms with Crippen LogP contribution >= 0.6 is 0 Å². The number of nitrogens with two attached hydrogens (primary N) is 1. The minimum absolute atomic E-state index is 0.0881. The van der Waals surface area contributed by atoms with Crippen molar-refractivity contribution in [3.63, 3.8) is 0 Å². The Kier molecular flexibility index (Phi) is 3.81. The third-order valence-electron chi connectivity index (χ3n) is 2.90. The fraction of sp³-hybridized carbons (Fsp3) is 0.0769. The molecule has 8 heteroatoms. The van der Waals surface area contributed by atoms with Crippen molar-refractivity contribution in [2.75, 3.05) is 10.5 Å². The second kappa shape index (κ2) is 5.41. The molecule has 110 valence electrons. The summed E-state index contributed by atoms with van der Waals surface area (Å²) in [4.78, 5) is 9.89. The molecule has 0 aliphatic rings. The van der Waals surface area contributed by atoms with E-state index in [4.69, 9.17) is 5.73 Å². The predicted molar refractivity (Wildman–Crippen MR) is 79.5 cm³/mol. The molecule has 21 heavy (non-hydrogen) atoms. The number of nitrogens with zero attached hydrogens (tertiary/aromatic N) is 1. The molecule has 0 amide bonds. The molecule has 0 atom stereocenters. The Balaban J connectivity index is 2.43. The van der Waals surface area contributed by atoms with E-state index in [1.54, 1.807) is 31.2 Å². The minimum atomic E-state index is -3.92. The number of nitro benzene ring substituents is 1. The van der Waals surface area contributed by atoms with Gasteiger partial charge < -0.3 is 5.73 Å². The van der Waals surface area contributed by atoms with Crippen LogP contribution in [0.2, 0.25) is 0 Å². The van der Waals surface area contributed by atoms with Crippen molar-refractivity contribution >= 4 is 27.1 Å². The van der Waals surface area contributed by atoms with Crippen molar-refractivity contribution in [3.8, 4) is 0 Å². The molecule has 0 spiro atoms. The van der Waals surface area contributed by atoms with E-state index in [0.717, 1.165) is 11.6 Å². The number of hydrogen-bond donors (Lipinski definition) is 2. The zero-order valence-corrected chi connectivity index (χ0v) is 11.9. The van der Waals surface area contributed by atoms with Gasteiger partial charge >= 0.3 is 0 Å². The molecule has 0 aliphatic carbocycles. The lowest BCUT2D eigenvalue weighted by molar-refractivity contribution is -0.384. The summed E-state index contributed by atoms with van der Waals surface area (Å²) in [5, 5.41) is 10.8. The molecule has 2 aromatic carbocycles. The number of anilines is 2. The molecule has 0 unspecified atom stereocenters. The highest BCUT2D eigenvalue weighted by Gasteiger charge is 2.20. The maximum Gasteiger partial charge on any atom is 0.293 e. The van der Waals surface area contributed by atoms with Crippen LogP contribution in [0.25, 0.3) is 0 Å². The number of hydrogen-bond acceptors (Lipinski definition) is 5. The van der Waals surface area contributed by atoms with Gasteiger partial charge in [0.25, 0.3) is 15.7 Å². The number of aryl methyl sites for hydroxylation is 1. The van der Waals surface area contributed by atoms with E-state index in [1.165, 1.54) is 12.1 Å². The number of nitrogens with one attached hydrogen (secondary N) is 1. The topological polar surface area (TPSA) is 115 Å². The summed E-state index contributed by atoms with van der Waals surface area (Å²) in [6.45, 7) is 1.75. The first-order valence-electron chi connectivity index (χ1n) is 5.93. The summed E-state index contributed by atoms with van der Waals surface area (Å²) >= 11 is 0. The lowest BCUT2D eigenvalue weighted by Crippen LogP contribution is -2.14. The zero-order valence-electron chi connectivity index (χ0n) is 11.1. The summed E-state index contributed by atoms with van der Waals surface area (Å²) in [6.07, 6.45) is 0. The fourth-order valence-electron chi connectivity index (χ4n) is 1.74. The minimum Gasteiger partial charge on any atom is -0.393 e. The van der Waals surface area contributed by atoms with Gasteiger partial charge in [0.1, 0.15) is 5.69 Å². The highest BCUT2D eigenvalue weighted by atomic mass is 32.2. The van der Waals surface area contributed by atoms with Gasteiger partial charge in [0.15, 0.2) is 0 Å². The summed E-state index contributed by atoms with van der Waals surface area (Å²) in [5.41, 5.74) is 6.08. The van der Waals surface area contributed by atoms with Crippen molar-refractivity contribution in [2.24, 2.45) is 0 Å². The standard InChI is InChI=1S/C13H13N3O4S/c1-9-4-2-3-5-12(9)15-21(19,20)10-6-7-11(14)13(8-10)16(17)18/h2-8,15H,14H2,1H3. The Bertz CT molecular complexity index is 803. The van der Waals surface area contributed by atoms with E-state index >= 15 is 0 Å². The van der Waals surface area contributed by atoms with Crippen molar-refractivity contribution in [1.82, 2.24) is 0 Å². The van der Waals surface area contributed by atoms with Crippen LogP contribution in [-0.4, -0.2) is 13.3 Å². The van der Waals surface area contributed by atoms with Gasteiger partial charge in [-0.25, -0.2) is 8.42 Å². The van der Waals surface area contributed by atoms with Gasteiger partial charge in [-0.15, -0.1) is 0 Å². The second-order valence-corrected chi connectivity index (χ2v) is 6.08. The predicted octanol–water partition coefficient (Wildman–Crippen LogP) is 2.29. The monoisotopic (exact) mass is 307 g/mol. The van der Waals surface area contributed by atoms with Crippen molar-refractivity contribution in [2.45, 2.75) is 11.8 Å². The molecule has 0 saturated carbocycles. The zero-order chi connectivity index (χ0) is 15.6. The van der Waals surface area contributed by atoms with Gasteiger partial charge in [-0.05, 0) is 30.7 Å². The SMILES string of the molecule is Cc1ccccc1NS(=O)(=O)c1ccc(N)c([N+](=O)[O-])c1. The Hall–Kier alpha value is -2.61. The number of nitro groups is 1. The van der Waals surface area contributed by atoms with Gasteiger partial charge in [-0.2, -0.15) is 0 Å². The molecule has 0 heterocycles. The molecule has 0 saturated heterocycles. The van der Waals surface area contributed by atoms with Crippen LogP contribution in [-0.2, 0) is 10.0 Å². The van der Waals surface area contributed by atoms with E-state index in [9.17, 15) is 18.5 Å². The van der Waals surface area contributed by atoms with Crippen molar-refractivity contribution in [3.05, 3.63) is 58.1 Å². The van der Waals surface area contributed by atoms with E-state index in [1.807, 2.05) is 0 Å². The van der Waals surface area contributed by atoms with Crippen LogP contribution in [0, 0.1) is 17.0 Å². The van der Waals surface area contributed by atoms with Crippen LogP contribution in [0.4, 0.5) is 17.1 Å². The van der Waals surface area contributed by atoms with Gasteiger partial charge in [0.2, 0.25) is 0 Å². The van der Waals surface area contributed by atoms with Crippen molar-refractivity contribution in [1.29, 1.82) is 0 Å². The van der Waals surface area contributed by atoms with Crippen LogP contribution in [0.3, 0.4) is 0 Å². The lowest BCUT2D eigenvalue weighted by atomic mass is 10.2. The quantitative estimate of drug-likeness (QED) is 0.511. The molecular weight excluding hydrogens is 294 g/mol. The highest BCUT2D eigenvalue weighted by Crippen LogP contribution is 2.26. The molecule has 0 radical (unpaired) electrons. The summed E-state index contributed by atoms with van der Waals surface area (Å²) < 4.78 is 26.9. The average molecular weight is 307 g/mol. The van der Waals surface area contributed by atoms with E-state index < -0.39 is 20.6 Å². The van der Waals surface area contributed by atoms with Gasteiger partial charge in [-0.1, -0.05) is 18.2 Å².